The van der Waals surface area contributed by atoms with Crippen LogP contribution < -0.4 is 0 Å². The van der Waals surface area contributed by atoms with Gasteiger partial charge in [-0.05, 0) is 59.6 Å². The Balaban J connectivity index is 1.32. The highest BCUT2D eigenvalue weighted by molar-refractivity contribution is 6.28. The van der Waals surface area contributed by atoms with E-state index in [0.717, 1.165) is 40.7 Å². The van der Waals surface area contributed by atoms with Crippen molar-refractivity contribution in [2.75, 3.05) is 0 Å². The zero-order valence-electron chi connectivity index (χ0n) is 14.2. The lowest BCUT2D eigenvalue weighted by Crippen LogP contribution is -2.65. The number of hydrogen-bond acceptors (Lipinski definition) is 3. The van der Waals surface area contributed by atoms with E-state index < -0.39 is 0 Å². The molecular formula is C22H18ClN3. The molecular weight excluding hydrogens is 342 g/mol. The molecule has 0 N–H and O–H groups in total. The molecule has 3 aliphatic rings. The number of aromatic nitrogens is 3. The van der Waals surface area contributed by atoms with E-state index in [2.05, 4.69) is 39.2 Å². The lowest BCUT2D eigenvalue weighted by atomic mass is 9.31. The first kappa shape index (κ1) is 14.9. The smallest absolute Gasteiger partial charge is 0.208 e. The Morgan fingerprint density at radius 1 is 0.731 bits per heavy atom. The van der Waals surface area contributed by atoms with Crippen molar-refractivity contribution in [3.8, 4) is 22.8 Å². The van der Waals surface area contributed by atoms with Crippen molar-refractivity contribution in [1.29, 1.82) is 0 Å². The molecule has 3 aromatic rings. The lowest BCUT2D eigenvalue weighted by Gasteiger charge is -2.73. The van der Waals surface area contributed by atoms with Crippen molar-refractivity contribution in [2.45, 2.75) is 18.8 Å². The molecule has 128 valence electrons. The number of rotatable bonds is 3. The van der Waals surface area contributed by atoms with Gasteiger partial charge in [0.05, 0.1) is 0 Å². The number of halogens is 1. The molecule has 3 nitrogen and oxygen atoms in total. The third kappa shape index (κ3) is 2.04. The minimum atomic E-state index is 0.231. The van der Waals surface area contributed by atoms with Gasteiger partial charge in [0.2, 0.25) is 5.28 Å². The van der Waals surface area contributed by atoms with Gasteiger partial charge in [0.15, 0.2) is 11.6 Å². The number of hydrogen-bond donors (Lipinski definition) is 0. The van der Waals surface area contributed by atoms with Gasteiger partial charge in [0.25, 0.3) is 0 Å². The third-order valence-corrected chi connectivity index (χ3v) is 6.97. The first-order chi connectivity index (χ1) is 12.8. The van der Waals surface area contributed by atoms with E-state index in [0.29, 0.717) is 11.6 Å². The summed E-state index contributed by atoms with van der Waals surface area (Å²) in [6.07, 6.45) is 2.91. The fraction of sp³-hybridized carbons (Fsp3) is 0.318. The van der Waals surface area contributed by atoms with Crippen LogP contribution in [0.1, 0.15) is 24.3 Å². The second-order valence-electron chi connectivity index (χ2n) is 7.90. The van der Waals surface area contributed by atoms with Crippen LogP contribution in [-0.4, -0.2) is 15.0 Å². The van der Waals surface area contributed by atoms with Crippen molar-refractivity contribution in [2.24, 2.45) is 23.7 Å². The van der Waals surface area contributed by atoms with Gasteiger partial charge < -0.3 is 0 Å². The van der Waals surface area contributed by atoms with Crippen LogP contribution in [0.15, 0.2) is 54.6 Å². The summed E-state index contributed by atoms with van der Waals surface area (Å²) >= 11 is 6.17. The van der Waals surface area contributed by atoms with Crippen LogP contribution in [0.3, 0.4) is 0 Å². The van der Waals surface area contributed by atoms with Gasteiger partial charge in [0.1, 0.15) is 0 Å². The molecule has 0 aliphatic heterocycles. The average molecular weight is 360 g/mol. The van der Waals surface area contributed by atoms with E-state index in [1.54, 1.807) is 0 Å². The van der Waals surface area contributed by atoms with E-state index in [-0.39, 0.29) is 5.28 Å². The molecule has 3 fully saturated rings. The average Bonchev–Trinajstić information content (AvgIpc) is 2.68. The highest BCUT2D eigenvalue weighted by Crippen LogP contribution is 2.75. The molecule has 2 unspecified atom stereocenters. The molecule has 3 saturated carbocycles. The van der Waals surface area contributed by atoms with Gasteiger partial charge in [0, 0.05) is 11.1 Å². The van der Waals surface area contributed by atoms with Crippen molar-refractivity contribution in [1.82, 2.24) is 15.0 Å². The second kappa shape index (κ2) is 5.37. The van der Waals surface area contributed by atoms with Gasteiger partial charge in [-0.1, -0.05) is 54.6 Å². The van der Waals surface area contributed by atoms with E-state index in [4.69, 9.17) is 11.6 Å². The minimum Gasteiger partial charge on any atom is -0.208 e. The molecule has 0 amide bonds. The number of nitrogens with zero attached hydrogens (tertiary/aromatic N) is 3. The normalized spacial score (nSPS) is 30.6. The Morgan fingerprint density at radius 2 is 1.35 bits per heavy atom. The second-order valence-corrected chi connectivity index (χ2v) is 8.24. The monoisotopic (exact) mass is 359 g/mol. The molecule has 3 aliphatic carbocycles. The van der Waals surface area contributed by atoms with E-state index >= 15 is 0 Å². The SMILES string of the molecule is Clc1nc(-c2ccccc2)nc(-c2ccc(C3C4CC5CC3C54)cc2)n1. The highest BCUT2D eigenvalue weighted by Gasteiger charge is 2.67. The zero-order chi connectivity index (χ0) is 17.3. The van der Waals surface area contributed by atoms with Gasteiger partial charge in [-0.3, -0.25) is 0 Å². The molecule has 0 radical (unpaired) electrons. The fourth-order valence-electron chi connectivity index (χ4n) is 5.54. The van der Waals surface area contributed by atoms with Gasteiger partial charge in [-0.25, -0.2) is 4.98 Å². The zero-order valence-corrected chi connectivity index (χ0v) is 15.0. The Kier molecular flexibility index (Phi) is 3.07. The lowest BCUT2D eigenvalue weighted by molar-refractivity contribution is -0.214. The van der Waals surface area contributed by atoms with Crippen LogP contribution in [0, 0.1) is 23.7 Å². The van der Waals surface area contributed by atoms with Gasteiger partial charge in [-0.15, -0.1) is 0 Å². The summed E-state index contributed by atoms with van der Waals surface area (Å²) in [7, 11) is 0. The Bertz CT molecular complexity index is 972. The standard InChI is InChI=1S/C22H18ClN3/c23-22-25-20(13-4-2-1-3-5-13)24-21(26-22)14-8-6-12(7-9-14)18-16-10-15-11-17(18)19(15)16/h1-9,15-19H,10-11H2. The molecule has 4 heteroatoms. The topological polar surface area (TPSA) is 38.7 Å². The van der Waals surface area contributed by atoms with Crippen molar-refractivity contribution >= 4 is 11.6 Å². The minimum absolute atomic E-state index is 0.231. The summed E-state index contributed by atoms with van der Waals surface area (Å²) in [5.74, 6) is 6.10. The molecule has 2 atom stereocenters. The van der Waals surface area contributed by atoms with Crippen molar-refractivity contribution < 1.29 is 0 Å². The van der Waals surface area contributed by atoms with Gasteiger partial charge >= 0.3 is 0 Å². The van der Waals surface area contributed by atoms with Crippen LogP contribution in [0.2, 0.25) is 5.28 Å². The molecule has 0 spiro atoms. The fourth-order valence-corrected chi connectivity index (χ4v) is 5.70. The van der Waals surface area contributed by atoms with Gasteiger partial charge in [-0.2, -0.15) is 9.97 Å². The Labute approximate surface area is 157 Å². The van der Waals surface area contributed by atoms with Crippen LogP contribution in [0.4, 0.5) is 0 Å². The maximum Gasteiger partial charge on any atom is 0.226 e. The maximum absolute atomic E-state index is 6.17. The molecule has 26 heavy (non-hydrogen) atoms. The summed E-state index contributed by atoms with van der Waals surface area (Å²) < 4.78 is 0. The third-order valence-electron chi connectivity index (χ3n) is 6.80. The van der Waals surface area contributed by atoms with E-state index in [9.17, 15) is 0 Å². The van der Waals surface area contributed by atoms with Crippen molar-refractivity contribution in [3.63, 3.8) is 0 Å². The molecule has 0 bridgehead atoms. The van der Waals surface area contributed by atoms with Crippen LogP contribution >= 0.6 is 11.6 Å². The number of benzene rings is 2. The first-order valence-corrected chi connectivity index (χ1v) is 9.73. The Morgan fingerprint density at radius 3 is 1.92 bits per heavy atom. The highest BCUT2D eigenvalue weighted by atomic mass is 35.5. The molecule has 2 aromatic carbocycles. The summed E-state index contributed by atoms with van der Waals surface area (Å²) in [5, 5.41) is 0.231. The van der Waals surface area contributed by atoms with Crippen LogP contribution in [0.5, 0.6) is 0 Å². The molecule has 0 saturated heterocycles. The predicted octanol–water partition coefficient (Wildman–Crippen LogP) is 5.23. The van der Waals surface area contributed by atoms with E-state index in [1.807, 2.05) is 30.3 Å². The molecule has 6 rings (SSSR count). The largest absolute Gasteiger partial charge is 0.226 e. The van der Waals surface area contributed by atoms with Crippen LogP contribution in [-0.2, 0) is 0 Å². The first-order valence-electron chi connectivity index (χ1n) is 9.35. The summed E-state index contributed by atoms with van der Waals surface area (Å²) in [5.41, 5.74) is 3.42. The maximum atomic E-state index is 6.17. The molecule has 1 aromatic heterocycles. The predicted molar refractivity (Wildman–Crippen MR) is 102 cm³/mol. The summed E-state index contributed by atoms with van der Waals surface area (Å²) in [6, 6.07) is 18.7. The van der Waals surface area contributed by atoms with Crippen molar-refractivity contribution in [3.05, 3.63) is 65.4 Å². The summed E-state index contributed by atoms with van der Waals surface area (Å²) in [4.78, 5) is 13.3. The van der Waals surface area contributed by atoms with Crippen LogP contribution in [0.25, 0.3) is 22.8 Å². The quantitative estimate of drug-likeness (QED) is 0.642. The Hall–Kier alpha value is -2.26. The summed E-state index contributed by atoms with van der Waals surface area (Å²) in [6.45, 7) is 0. The van der Waals surface area contributed by atoms with E-state index in [1.165, 1.54) is 18.4 Å². The molecule has 1 heterocycles.